The van der Waals surface area contributed by atoms with E-state index in [-0.39, 0.29) is 24.4 Å². The molecule has 30 heavy (non-hydrogen) atoms. The van der Waals surface area contributed by atoms with Gasteiger partial charge >= 0.3 is 0 Å². The maximum absolute atomic E-state index is 13.6. The molecule has 4 nitrogen and oxygen atoms in total. The van der Waals surface area contributed by atoms with E-state index in [0.29, 0.717) is 19.0 Å². The molecule has 2 aromatic rings. The SMILES string of the molecule is Cc1ccccc1[C@@H]1c2ccsc2CCN1C(=O)CN(CC1CC1)C(=O)C(C)(C)C. The van der Waals surface area contributed by atoms with Gasteiger partial charge in [0.05, 0.1) is 12.6 Å². The van der Waals surface area contributed by atoms with Crippen LogP contribution in [0, 0.1) is 18.3 Å². The zero-order chi connectivity index (χ0) is 21.5. The molecule has 0 radical (unpaired) electrons. The third kappa shape index (κ3) is 4.31. The van der Waals surface area contributed by atoms with Crippen LogP contribution in [0.1, 0.15) is 61.2 Å². The number of carbonyl (C=O) groups is 2. The fraction of sp³-hybridized carbons (Fsp3) is 0.520. The standard InChI is InChI=1S/C25H32N2O2S/c1-17-7-5-6-8-19(17)23-20-12-14-30-21(20)11-13-27(23)22(28)16-26(15-18-9-10-18)24(29)25(2,3)4/h5-8,12,14,18,23H,9-11,13,15-16H2,1-4H3/t23-/m1/s1. The molecule has 0 spiro atoms. The molecule has 1 aliphatic carbocycles. The predicted molar refractivity (Wildman–Crippen MR) is 122 cm³/mol. The molecule has 0 N–H and O–H groups in total. The van der Waals surface area contributed by atoms with Crippen molar-refractivity contribution in [3.63, 3.8) is 0 Å². The Morgan fingerprint density at radius 2 is 1.87 bits per heavy atom. The molecule has 1 aromatic heterocycles. The summed E-state index contributed by atoms with van der Waals surface area (Å²) in [6.45, 7) is 9.51. The first-order valence-electron chi connectivity index (χ1n) is 11.0. The van der Waals surface area contributed by atoms with E-state index in [9.17, 15) is 9.59 Å². The van der Waals surface area contributed by atoms with Crippen LogP contribution in [0.3, 0.4) is 0 Å². The van der Waals surface area contributed by atoms with Crippen molar-refractivity contribution < 1.29 is 9.59 Å². The topological polar surface area (TPSA) is 40.6 Å². The number of nitrogens with zero attached hydrogens (tertiary/aromatic N) is 2. The molecule has 0 bridgehead atoms. The molecule has 2 heterocycles. The van der Waals surface area contributed by atoms with Gasteiger partial charge < -0.3 is 9.80 Å². The number of hydrogen-bond donors (Lipinski definition) is 0. The Bertz CT molecular complexity index is 939. The second-order valence-corrected chi connectivity index (χ2v) is 10.8. The summed E-state index contributed by atoms with van der Waals surface area (Å²) in [5, 5.41) is 2.13. The molecule has 4 rings (SSSR count). The van der Waals surface area contributed by atoms with Crippen LogP contribution in [-0.2, 0) is 16.0 Å². The van der Waals surface area contributed by atoms with Crippen molar-refractivity contribution in [2.24, 2.45) is 11.3 Å². The number of benzene rings is 1. The van der Waals surface area contributed by atoms with Gasteiger partial charge in [0, 0.05) is 23.4 Å². The Morgan fingerprint density at radius 1 is 1.13 bits per heavy atom. The highest BCUT2D eigenvalue weighted by Gasteiger charge is 2.37. The summed E-state index contributed by atoms with van der Waals surface area (Å²) in [6, 6.07) is 10.4. The molecule has 2 amide bonds. The summed E-state index contributed by atoms with van der Waals surface area (Å²) in [7, 11) is 0. The molecule has 160 valence electrons. The number of hydrogen-bond acceptors (Lipinski definition) is 3. The predicted octanol–water partition coefficient (Wildman–Crippen LogP) is 4.82. The summed E-state index contributed by atoms with van der Waals surface area (Å²) in [5.74, 6) is 0.683. The van der Waals surface area contributed by atoms with Gasteiger partial charge in [0.25, 0.3) is 0 Å². The fourth-order valence-corrected chi connectivity index (χ4v) is 5.28. The fourth-order valence-electron chi connectivity index (χ4n) is 4.37. The summed E-state index contributed by atoms with van der Waals surface area (Å²) >= 11 is 1.78. The Kier molecular flexibility index (Phi) is 5.75. The van der Waals surface area contributed by atoms with Crippen molar-refractivity contribution in [2.75, 3.05) is 19.6 Å². The smallest absolute Gasteiger partial charge is 0.242 e. The largest absolute Gasteiger partial charge is 0.333 e. The molecule has 1 fully saturated rings. The van der Waals surface area contributed by atoms with E-state index >= 15 is 0 Å². The van der Waals surface area contributed by atoms with E-state index in [1.165, 1.54) is 21.6 Å². The lowest BCUT2D eigenvalue weighted by Gasteiger charge is -2.39. The lowest BCUT2D eigenvalue weighted by molar-refractivity contribution is -0.146. The first kappa shape index (κ1) is 21.1. The summed E-state index contributed by atoms with van der Waals surface area (Å²) in [5.41, 5.74) is 3.14. The number of thiophene rings is 1. The highest BCUT2D eigenvalue weighted by Crippen LogP contribution is 2.39. The molecule has 0 saturated heterocycles. The van der Waals surface area contributed by atoms with Gasteiger partial charge in [0.15, 0.2) is 0 Å². The molecule has 1 saturated carbocycles. The zero-order valence-corrected chi connectivity index (χ0v) is 19.3. The Morgan fingerprint density at radius 3 is 2.53 bits per heavy atom. The quantitative estimate of drug-likeness (QED) is 0.691. The van der Waals surface area contributed by atoms with E-state index in [1.807, 2.05) is 42.7 Å². The monoisotopic (exact) mass is 424 g/mol. The summed E-state index contributed by atoms with van der Waals surface area (Å²) in [6.07, 6.45) is 3.21. The summed E-state index contributed by atoms with van der Waals surface area (Å²) < 4.78 is 0. The normalized spacial score (nSPS) is 18.8. The number of carbonyl (C=O) groups excluding carboxylic acids is 2. The van der Waals surface area contributed by atoms with Gasteiger partial charge in [-0.05, 0) is 60.2 Å². The van der Waals surface area contributed by atoms with Gasteiger partial charge in [0.1, 0.15) is 0 Å². The van der Waals surface area contributed by atoms with Crippen LogP contribution in [-0.4, -0.2) is 41.2 Å². The lowest BCUT2D eigenvalue weighted by Crippen LogP contribution is -2.49. The van der Waals surface area contributed by atoms with Crippen LogP contribution in [0.2, 0.25) is 0 Å². The highest BCUT2D eigenvalue weighted by atomic mass is 32.1. The van der Waals surface area contributed by atoms with E-state index < -0.39 is 5.41 Å². The highest BCUT2D eigenvalue weighted by molar-refractivity contribution is 7.10. The van der Waals surface area contributed by atoms with Crippen LogP contribution in [0.5, 0.6) is 0 Å². The minimum absolute atomic E-state index is 0.0540. The molecular weight excluding hydrogens is 392 g/mol. The van der Waals surface area contributed by atoms with Crippen LogP contribution >= 0.6 is 11.3 Å². The van der Waals surface area contributed by atoms with E-state index in [2.05, 4.69) is 30.5 Å². The molecule has 1 aromatic carbocycles. The molecular formula is C25H32N2O2S. The van der Waals surface area contributed by atoms with Gasteiger partial charge in [-0.25, -0.2) is 0 Å². The lowest BCUT2D eigenvalue weighted by atomic mass is 9.90. The Labute approximate surface area is 183 Å². The Hall–Kier alpha value is -2.14. The van der Waals surface area contributed by atoms with E-state index in [1.54, 1.807) is 11.3 Å². The van der Waals surface area contributed by atoms with Gasteiger partial charge in [-0.3, -0.25) is 9.59 Å². The first-order valence-corrected chi connectivity index (χ1v) is 11.8. The van der Waals surface area contributed by atoms with Crippen LogP contribution in [0.15, 0.2) is 35.7 Å². The van der Waals surface area contributed by atoms with Crippen molar-refractivity contribution >= 4 is 23.2 Å². The third-order valence-electron chi connectivity index (χ3n) is 6.20. The Balaban J connectivity index is 1.63. The second kappa shape index (κ2) is 8.18. The van der Waals surface area contributed by atoms with Gasteiger partial charge in [-0.2, -0.15) is 0 Å². The minimum atomic E-state index is -0.479. The van der Waals surface area contributed by atoms with Crippen LogP contribution < -0.4 is 0 Å². The molecule has 0 unspecified atom stereocenters. The average Bonchev–Trinajstić information content (AvgIpc) is 3.38. The van der Waals surface area contributed by atoms with Gasteiger partial charge in [0.2, 0.25) is 11.8 Å². The molecule has 5 heteroatoms. The van der Waals surface area contributed by atoms with Gasteiger partial charge in [-0.15, -0.1) is 11.3 Å². The molecule has 1 aliphatic heterocycles. The number of amides is 2. The minimum Gasteiger partial charge on any atom is -0.333 e. The van der Waals surface area contributed by atoms with Crippen molar-refractivity contribution in [3.05, 3.63) is 57.3 Å². The van der Waals surface area contributed by atoms with E-state index in [0.717, 1.165) is 19.3 Å². The van der Waals surface area contributed by atoms with Crippen LogP contribution in [0.25, 0.3) is 0 Å². The van der Waals surface area contributed by atoms with Crippen molar-refractivity contribution in [2.45, 2.75) is 53.0 Å². The van der Waals surface area contributed by atoms with Gasteiger partial charge in [-0.1, -0.05) is 45.0 Å². The average molecular weight is 425 g/mol. The van der Waals surface area contributed by atoms with Crippen molar-refractivity contribution in [3.8, 4) is 0 Å². The number of fused-ring (bicyclic) bond motifs is 1. The number of aryl methyl sites for hydroxylation is 1. The summed E-state index contributed by atoms with van der Waals surface area (Å²) in [4.78, 5) is 31.9. The zero-order valence-electron chi connectivity index (χ0n) is 18.5. The third-order valence-corrected chi connectivity index (χ3v) is 7.20. The second-order valence-electron chi connectivity index (χ2n) is 9.77. The van der Waals surface area contributed by atoms with Crippen molar-refractivity contribution in [1.82, 2.24) is 9.80 Å². The van der Waals surface area contributed by atoms with E-state index in [4.69, 9.17) is 0 Å². The van der Waals surface area contributed by atoms with Crippen LogP contribution in [0.4, 0.5) is 0 Å². The maximum atomic E-state index is 13.6. The first-order chi connectivity index (χ1) is 14.3. The maximum Gasteiger partial charge on any atom is 0.242 e. The molecule has 2 aliphatic rings. The number of rotatable bonds is 5. The van der Waals surface area contributed by atoms with Crippen molar-refractivity contribution in [1.29, 1.82) is 0 Å². The molecule has 1 atom stereocenters.